The van der Waals surface area contributed by atoms with Gasteiger partial charge in [-0.3, -0.25) is 4.79 Å². The largest absolute Gasteiger partial charge is 0.301 e. The predicted molar refractivity (Wildman–Crippen MR) is 109 cm³/mol. The molecule has 4 nitrogen and oxygen atoms in total. The van der Waals surface area contributed by atoms with E-state index in [-0.39, 0.29) is 5.91 Å². The smallest absolute Gasteiger partial charge is 0.236 e. The number of hydrogen-bond acceptors (Lipinski definition) is 5. The summed E-state index contributed by atoms with van der Waals surface area (Å²) in [5, 5.41) is 7.66. The molecule has 2 aromatic heterocycles. The Morgan fingerprint density at radius 3 is 2.73 bits per heavy atom. The van der Waals surface area contributed by atoms with Gasteiger partial charge in [0.2, 0.25) is 5.91 Å². The van der Waals surface area contributed by atoms with Crippen LogP contribution in [-0.2, 0) is 17.6 Å². The van der Waals surface area contributed by atoms with E-state index in [4.69, 9.17) is 4.98 Å². The summed E-state index contributed by atoms with van der Waals surface area (Å²) in [5.74, 6) is 0.325. The van der Waals surface area contributed by atoms with E-state index in [0.29, 0.717) is 10.9 Å². The highest BCUT2D eigenvalue weighted by Gasteiger charge is 2.20. The van der Waals surface area contributed by atoms with Gasteiger partial charge in [-0.15, -0.1) is 11.3 Å². The molecule has 134 valence electrons. The molecule has 1 aromatic carbocycles. The Labute approximate surface area is 161 Å². The van der Waals surface area contributed by atoms with Gasteiger partial charge in [-0.05, 0) is 73.9 Å². The van der Waals surface area contributed by atoms with E-state index in [1.54, 1.807) is 18.0 Å². The lowest BCUT2D eigenvalue weighted by atomic mass is 9.89. The van der Waals surface area contributed by atoms with Crippen LogP contribution < -0.4 is 5.32 Å². The minimum Gasteiger partial charge on any atom is -0.301 e. The molecule has 1 amide bonds. The molecule has 0 unspecified atom stereocenters. The van der Waals surface area contributed by atoms with E-state index in [0.717, 1.165) is 23.4 Å². The zero-order valence-electron chi connectivity index (χ0n) is 15.0. The van der Waals surface area contributed by atoms with E-state index in [1.807, 2.05) is 5.38 Å². The first-order valence-corrected chi connectivity index (χ1v) is 10.7. The van der Waals surface area contributed by atoms with Crippen LogP contribution in [0.1, 0.15) is 35.1 Å². The summed E-state index contributed by atoms with van der Waals surface area (Å²) in [6.45, 7) is 4.29. The number of hydrogen-bond donors (Lipinski definition) is 1. The van der Waals surface area contributed by atoms with Crippen molar-refractivity contribution in [3.8, 4) is 0 Å². The SMILES string of the molecule is Cc1cc2nc(SCC(=O)Nc3nccs3)c3c(c2cc1C)CCCC3. The van der Waals surface area contributed by atoms with Crippen molar-refractivity contribution in [3.63, 3.8) is 0 Å². The third kappa shape index (κ3) is 3.48. The Kier molecular flexibility index (Phi) is 4.96. The monoisotopic (exact) mass is 383 g/mol. The third-order valence-corrected chi connectivity index (χ3v) is 6.61. The van der Waals surface area contributed by atoms with Crippen molar-refractivity contribution in [2.45, 2.75) is 44.6 Å². The average molecular weight is 384 g/mol. The number of carbonyl (C=O) groups excluding carboxylic acids is 1. The number of aryl methyl sites for hydroxylation is 3. The third-order valence-electron chi connectivity index (χ3n) is 4.90. The molecule has 0 atom stereocenters. The summed E-state index contributed by atoms with van der Waals surface area (Å²) >= 11 is 2.98. The van der Waals surface area contributed by atoms with Crippen LogP contribution >= 0.6 is 23.1 Å². The molecule has 3 aromatic rings. The molecular formula is C20H21N3OS2. The van der Waals surface area contributed by atoms with Gasteiger partial charge in [-0.2, -0.15) is 0 Å². The van der Waals surface area contributed by atoms with Crippen molar-refractivity contribution in [3.05, 3.63) is 46.0 Å². The van der Waals surface area contributed by atoms with Crippen LogP contribution in [0.4, 0.5) is 5.13 Å². The fourth-order valence-electron chi connectivity index (χ4n) is 3.44. The molecule has 26 heavy (non-hydrogen) atoms. The number of benzene rings is 1. The van der Waals surface area contributed by atoms with Crippen LogP contribution in [0.5, 0.6) is 0 Å². The second-order valence-electron chi connectivity index (χ2n) is 6.71. The summed E-state index contributed by atoms with van der Waals surface area (Å²) in [6, 6.07) is 4.46. The van der Waals surface area contributed by atoms with E-state index in [9.17, 15) is 4.79 Å². The summed E-state index contributed by atoms with van der Waals surface area (Å²) in [7, 11) is 0. The Morgan fingerprint density at radius 2 is 1.96 bits per heavy atom. The first-order valence-electron chi connectivity index (χ1n) is 8.86. The van der Waals surface area contributed by atoms with Crippen LogP contribution in [0, 0.1) is 13.8 Å². The lowest BCUT2D eigenvalue weighted by Gasteiger charge is -2.21. The Balaban J connectivity index is 1.64. The van der Waals surface area contributed by atoms with Crippen molar-refractivity contribution in [1.82, 2.24) is 9.97 Å². The van der Waals surface area contributed by atoms with Gasteiger partial charge in [0.05, 0.1) is 11.3 Å². The van der Waals surface area contributed by atoms with E-state index in [2.05, 4.69) is 36.3 Å². The number of thiazole rings is 1. The topological polar surface area (TPSA) is 54.9 Å². The van der Waals surface area contributed by atoms with Gasteiger partial charge in [-0.1, -0.05) is 11.8 Å². The van der Waals surface area contributed by atoms with Crippen LogP contribution in [0.25, 0.3) is 10.9 Å². The summed E-state index contributed by atoms with van der Waals surface area (Å²) < 4.78 is 0. The number of rotatable bonds is 4. The normalized spacial score (nSPS) is 13.6. The molecule has 1 aliphatic rings. The van der Waals surface area contributed by atoms with Gasteiger partial charge >= 0.3 is 0 Å². The molecule has 0 radical (unpaired) electrons. The highest BCUT2D eigenvalue weighted by molar-refractivity contribution is 8.00. The van der Waals surface area contributed by atoms with Gasteiger partial charge in [0, 0.05) is 17.0 Å². The number of nitrogens with zero attached hydrogens (tertiary/aromatic N) is 2. The fourth-order valence-corrected chi connectivity index (χ4v) is 4.89. The molecule has 1 aliphatic carbocycles. The quantitative estimate of drug-likeness (QED) is 0.650. The molecule has 6 heteroatoms. The Hall–Kier alpha value is -1.92. The van der Waals surface area contributed by atoms with Crippen molar-refractivity contribution in [2.24, 2.45) is 0 Å². The maximum absolute atomic E-state index is 12.2. The standard InChI is InChI=1S/C20H21N3OS2/c1-12-9-16-14-5-3-4-6-15(14)19(22-17(16)10-13(12)2)26-11-18(24)23-20-21-7-8-25-20/h7-10H,3-6,11H2,1-2H3,(H,21,23,24). The zero-order chi connectivity index (χ0) is 18.1. The molecule has 2 heterocycles. The number of thioether (sulfide) groups is 1. The lowest BCUT2D eigenvalue weighted by molar-refractivity contribution is -0.113. The van der Waals surface area contributed by atoms with Gasteiger partial charge in [0.1, 0.15) is 5.03 Å². The van der Waals surface area contributed by atoms with Crippen molar-refractivity contribution < 1.29 is 4.79 Å². The predicted octanol–water partition coefficient (Wildman–Crippen LogP) is 4.92. The van der Waals surface area contributed by atoms with Gasteiger partial charge in [0.15, 0.2) is 5.13 Å². The number of anilines is 1. The average Bonchev–Trinajstić information content (AvgIpc) is 3.14. The second-order valence-corrected chi connectivity index (χ2v) is 8.57. The molecular weight excluding hydrogens is 362 g/mol. The highest BCUT2D eigenvalue weighted by Crippen LogP contribution is 2.35. The van der Waals surface area contributed by atoms with E-state index < -0.39 is 0 Å². The molecule has 4 rings (SSSR count). The molecule has 0 saturated heterocycles. The van der Waals surface area contributed by atoms with Crippen molar-refractivity contribution in [2.75, 3.05) is 11.1 Å². The first-order chi connectivity index (χ1) is 12.6. The molecule has 0 bridgehead atoms. The van der Waals surface area contributed by atoms with Gasteiger partial charge in [0.25, 0.3) is 0 Å². The Bertz CT molecular complexity index is 967. The molecule has 1 N–H and O–H groups in total. The minimum absolute atomic E-state index is 0.0310. The molecule has 0 saturated carbocycles. The summed E-state index contributed by atoms with van der Waals surface area (Å²) in [5.41, 5.74) is 6.41. The van der Waals surface area contributed by atoms with Crippen LogP contribution in [0.15, 0.2) is 28.7 Å². The van der Waals surface area contributed by atoms with Gasteiger partial charge < -0.3 is 5.32 Å². The van der Waals surface area contributed by atoms with E-state index >= 15 is 0 Å². The first kappa shape index (κ1) is 17.5. The van der Waals surface area contributed by atoms with E-state index in [1.165, 1.54) is 51.8 Å². The zero-order valence-corrected chi connectivity index (χ0v) is 16.6. The highest BCUT2D eigenvalue weighted by atomic mass is 32.2. The summed E-state index contributed by atoms with van der Waals surface area (Å²) in [6.07, 6.45) is 6.29. The number of nitrogens with one attached hydrogen (secondary N) is 1. The van der Waals surface area contributed by atoms with Crippen molar-refractivity contribution in [1.29, 1.82) is 0 Å². The van der Waals surface area contributed by atoms with Crippen LogP contribution in [0.3, 0.4) is 0 Å². The number of fused-ring (bicyclic) bond motifs is 3. The fraction of sp³-hybridized carbons (Fsp3) is 0.350. The summed E-state index contributed by atoms with van der Waals surface area (Å²) in [4.78, 5) is 21.3. The molecule has 0 fully saturated rings. The Morgan fingerprint density at radius 1 is 1.19 bits per heavy atom. The maximum atomic E-state index is 12.2. The molecule has 0 spiro atoms. The number of aromatic nitrogens is 2. The maximum Gasteiger partial charge on any atom is 0.236 e. The number of carbonyl (C=O) groups is 1. The van der Waals surface area contributed by atoms with Crippen LogP contribution in [-0.4, -0.2) is 21.6 Å². The number of pyridine rings is 1. The van der Waals surface area contributed by atoms with Gasteiger partial charge in [-0.25, -0.2) is 9.97 Å². The van der Waals surface area contributed by atoms with Crippen LogP contribution in [0.2, 0.25) is 0 Å². The molecule has 0 aliphatic heterocycles. The number of amides is 1. The second kappa shape index (κ2) is 7.37. The minimum atomic E-state index is -0.0310. The lowest BCUT2D eigenvalue weighted by Crippen LogP contribution is -2.15. The van der Waals surface area contributed by atoms with Crippen molar-refractivity contribution >= 4 is 45.0 Å².